The molecule has 2 N–H and O–H groups in total. The Bertz CT molecular complexity index is 597. The molecule has 0 spiro atoms. The lowest BCUT2D eigenvalue weighted by atomic mass is 10.3. The van der Waals surface area contributed by atoms with Gasteiger partial charge in [-0.15, -0.1) is 11.3 Å². The summed E-state index contributed by atoms with van der Waals surface area (Å²) >= 11 is 1.48. The lowest BCUT2D eigenvalue weighted by Gasteiger charge is -2.03. The number of unbranched alkanes of at least 4 members (excludes halogenated alkanes) is 1. The summed E-state index contributed by atoms with van der Waals surface area (Å²) in [4.78, 5) is 20.5. The molecular formula is C15H20N4OS. The first-order valence-corrected chi connectivity index (χ1v) is 7.97. The van der Waals surface area contributed by atoms with E-state index in [9.17, 15) is 4.79 Å². The van der Waals surface area contributed by atoms with Crippen LogP contribution < -0.4 is 10.6 Å². The first-order valence-electron chi connectivity index (χ1n) is 7.09. The molecule has 2 aromatic heterocycles. The van der Waals surface area contributed by atoms with Crippen molar-refractivity contribution in [1.82, 2.24) is 15.3 Å². The largest absolute Gasteiger partial charge is 0.356 e. The number of nitrogens with one attached hydrogen (secondary N) is 2. The van der Waals surface area contributed by atoms with E-state index >= 15 is 0 Å². The molecule has 2 rings (SSSR count). The van der Waals surface area contributed by atoms with Gasteiger partial charge in [-0.3, -0.25) is 4.79 Å². The molecule has 0 unspecified atom stereocenters. The maximum Gasteiger partial charge on any atom is 0.226 e. The highest BCUT2D eigenvalue weighted by atomic mass is 32.1. The summed E-state index contributed by atoms with van der Waals surface area (Å²) in [6.45, 7) is 4.78. The Hall–Kier alpha value is -1.95. The van der Waals surface area contributed by atoms with Gasteiger partial charge >= 0.3 is 0 Å². The maximum absolute atomic E-state index is 11.7. The molecule has 1 amide bonds. The zero-order chi connectivity index (χ0) is 15.1. The number of hydrogen-bond donors (Lipinski definition) is 2. The van der Waals surface area contributed by atoms with Crippen LogP contribution in [0.5, 0.6) is 0 Å². The Morgan fingerprint density at radius 2 is 2.19 bits per heavy atom. The predicted molar refractivity (Wildman–Crippen MR) is 86.0 cm³/mol. The minimum atomic E-state index is 0.0222. The highest BCUT2D eigenvalue weighted by molar-refractivity contribution is 7.13. The van der Waals surface area contributed by atoms with Crippen molar-refractivity contribution >= 4 is 28.2 Å². The van der Waals surface area contributed by atoms with Crippen LogP contribution in [0.25, 0.3) is 0 Å². The van der Waals surface area contributed by atoms with E-state index in [4.69, 9.17) is 0 Å². The molecule has 0 saturated carbocycles. The molecule has 0 aliphatic heterocycles. The normalized spacial score (nSPS) is 10.4. The Labute approximate surface area is 128 Å². The number of carbonyl (C=O) groups excluding carboxylic acids is 1. The van der Waals surface area contributed by atoms with E-state index in [1.807, 2.05) is 30.5 Å². The summed E-state index contributed by atoms with van der Waals surface area (Å²) in [5.74, 6) is 0.789. The number of nitrogens with zero attached hydrogens (tertiary/aromatic N) is 2. The molecule has 2 heterocycles. The van der Waals surface area contributed by atoms with E-state index < -0.39 is 0 Å². The molecule has 0 aliphatic rings. The Kier molecular flexibility index (Phi) is 5.68. The highest BCUT2D eigenvalue weighted by Crippen LogP contribution is 2.20. The summed E-state index contributed by atoms with van der Waals surface area (Å²) < 4.78 is 0. The van der Waals surface area contributed by atoms with E-state index in [1.165, 1.54) is 11.3 Å². The van der Waals surface area contributed by atoms with Crippen molar-refractivity contribution < 1.29 is 4.79 Å². The van der Waals surface area contributed by atoms with E-state index in [1.54, 1.807) is 0 Å². The summed E-state index contributed by atoms with van der Waals surface area (Å²) in [5.41, 5.74) is 1.73. The van der Waals surface area contributed by atoms with Gasteiger partial charge in [0.25, 0.3) is 0 Å². The van der Waals surface area contributed by atoms with Crippen LogP contribution in [0, 0.1) is 6.92 Å². The van der Waals surface area contributed by atoms with Gasteiger partial charge in [0.15, 0.2) is 5.13 Å². The zero-order valence-electron chi connectivity index (χ0n) is 12.3. The van der Waals surface area contributed by atoms with Gasteiger partial charge in [-0.05, 0) is 25.5 Å². The van der Waals surface area contributed by atoms with Gasteiger partial charge in [0.2, 0.25) is 5.91 Å². The molecule has 5 nitrogen and oxygen atoms in total. The quantitative estimate of drug-likeness (QED) is 0.772. The molecule has 0 saturated heterocycles. The smallest absolute Gasteiger partial charge is 0.226 e. The van der Waals surface area contributed by atoms with Crippen LogP contribution in [-0.2, 0) is 11.2 Å². The van der Waals surface area contributed by atoms with Crippen LogP contribution in [0.4, 0.5) is 10.9 Å². The van der Waals surface area contributed by atoms with Gasteiger partial charge in [0.1, 0.15) is 5.82 Å². The third-order valence-electron chi connectivity index (χ3n) is 2.87. The molecule has 0 bridgehead atoms. The molecule has 6 heteroatoms. The van der Waals surface area contributed by atoms with Gasteiger partial charge in [-0.1, -0.05) is 19.4 Å². The van der Waals surface area contributed by atoms with Crippen molar-refractivity contribution in [3.8, 4) is 0 Å². The number of pyridine rings is 1. The van der Waals surface area contributed by atoms with E-state index in [0.717, 1.165) is 41.7 Å². The van der Waals surface area contributed by atoms with Crippen molar-refractivity contribution in [1.29, 1.82) is 0 Å². The van der Waals surface area contributed by atoms with Gasteiger partial charge in [0.05, 0.1) is 12.1 Å². The van der Waals surface area contributed by atoms with Gasteiger partial charge < -0.3 is 10.6 Å². The highest BCUT2D eigenvalue weighted by Gasteiger charge is 2.07. The Morgan fingerprint density at radius 3 is 2.95 bits per heavy atom. The lowest BCUT2D eigenvalue weighted by Crippen LogP contribution is -2.26. The van der Waals surface area contributed by atoms with Gasteiger partial charge in [0, 0.05) is 17.6 Å². The topological polar surface area (TPSA) is 66.9 Å². The van der Waals surface area contributed by atoms with Crippen molar-refractivity contribution in [3.63, 3.8) is 0 Å². The number of rotatable bonds is 7. The third kappa shape index (κ3) is 5.15. The van der Waals surface area contributed by atoms with Gasteiger partial charge in [-0.2, -0.15) is 0 Å². The third-order valence-corrected chi connectivity index (χ3v) is 3.68. The van der Waals surface area contributed by atoms with Gasteiger partial charge in [-0.25, -0.2) is 9.97 Å². The van der Waals surface area contributed by atoms with Crippen LogP contribution in [0.15, 0.2) is 23.6 Å². The van der Waals surface area contributed by atoms with Crippen molar-refractivity contribution in [2.75, 3.05) is 11.9 Å². The second-order valence-electron chi connectivity index (χ2n) is 4.81. The fourth-order valence-electron chi connectivity index (χ4n) is 1.80. The van der Waals surface area contributed by atoms with E-state index in [2.05, 4.69) is 27.5 Å². The average molecular weight is 304 g/mol. The van der Waals surface area contributed by atoms with Crippen LogP contribution in [0.1, 0.15) is 31.2 Å². The number of amides is 1. The first kappa shape index (κ1) is 15.4. The standard InChI is InChI=1S/C15H20N4OS/c1-3-4-8-16-14(20)9-12-10-21-15(18-12)19-13-7-5-6-11(2)17-13/h5-7,10H,3-4,8-9H2,1-2H3,(H,16,20)(H,17,18,19). The fraction of sp³-hybridized carbons (Fsp3) is 0.400. The zero-order valence-corrected chi connectivity index (χ0v) is 13.2. The predicted octanol–water partition coefficient (Wildman–Crippen LogP) is 3.05. The number of hydrogen-bond acceptors (Lipinski definition) is 5. The SMILES string of the molecule is CCCCNC(=O)Cc1csc(Nc2cccc(C)n2)n1. The fourth-order valence-corrected chi connectivity index (χ4v) is 2.52. The molecule has 0 radical (unpaired) electrons. The molecule has 2 aromatic rings. The number of carbonyl (C=O) groups is 1. The molecule has 0 fully saturated rings. The maximum atomic E-state index is 11.7. The van der Waals surface area contributed by atoms with E-state index in [-0.39, 0.29) is 5.91 Å². The summed E-state index contributed by atoms with van der Waals surface area (Å²) in [6, 6.07) is 5.78. The second kappa shape index (κ2) is 7.73. The average Bonchev–Trinajstić information content (AvgIpc) is 2.86. The number of aromatic nitrogens is 2. The lowest BCUT2D eigenvalue weighted by molar-refractivity contribution is -0.120. The summed E-state index contributed by atoms with van der Waals surface area (Å²) in [5, 5.41) is 8.70. The molecule has 0 aliphatic carbocycles. The Morgan fingerprint density at radius 1 is 1.33 bits per heavy atom. The second-order valence-corrected chi connectivity index (χ2v) is 5.67. The van der Waals surface area contributed by atoms with Crippen molar-refractivity contribution in [2.45, 2.75) is 33.1 Å². The minimum Gasteiger partial charge on any atom is -0.356 e. The Balaban J connectivity index is 1.88. The van der Waals surface area contributed by atoms with Crippen LogP contribution >= 0.6 is 11.3 Å². The minimum absolute atomic E-state index is 0.0222. The van der Waals surface area contributed by atoms with Crippen molar-refractivity contribution in [2.24, 2.45) is 0 Å². The number of aryl methyl sites for hydroxylation is 1. The first-order chi connectivity index (χ1) is 10.2. The monoisotopic (exact) mass is 304 g/mol. The van der Waals surface area contributed by atoms with Crippen LogP contribution in [0.2, 0.25) is 0 Å². The summed E-state index contributed by atoms with van der Waals surface area (Å²) in [6.07, 6.45) is 2.41. The number of anilines is 2. The van der Waals surface area contributed by atoms with Crippen molar-refractivity contribution in [3.05, 3.63) is 35.0 Å². The molecule has 0 atom stereocenters. The van der Waals surface area contributed by atoms with E-state index in [0.29, 0.717) is 6.42 Å². The number of thiazole rings is 1. The molecule has 112 valence electrons. The molecule has 21 heavy (non-hydrogen) atoms. The molecule has 0 aromatic carbocycles. The summed E-state index contributed by atoms with van der Waals surface area (Å²) in [7, 11) is 0. The molecular weight excluding hydrogens is 284 g/mol. The van der Waals surface area contributed by atoms with Crippen LogP contribution in [-0.4, -0.2) is 22.4 Å². The van der Waals surface area contributed by atoms with Crippen LogP contribution in [0.3, 0.4) is 0 Å².